The maximum absolute atomic E-state index is 13.3. The molecule has 0 radical (unpaired) electrons. The summed E-state index contributed by atoms with van der Waals surface area (Å²) in [6, 6.07) is 10.1. The van der Waals surface area contributed by atoms with Crippen molar-refractivity contribution in [3.05, 3.63) is 30.3 Å². The van der Waals surface area contributed by atoms with Crippen molar-refractivity contribution in [2.75, 3.05) is 19.3 Å². The summed E-state index contributed by atoms with van der Waals surface area (Å²) in [6.07, 6.45) is 6.35. The maximum Gasteiger partial charge on any atom is 0.243 e. The molecule has 0 N–H and O–H groups in total. The van der Waals surface area contributed by atoms with Crippen LogP contribution >= 0.6 is 11.8 Å². The summed E-state index contributed by atoms with van der Waals surface area (Å²) in [4.78, 5) is 15.9. The van der Waals surface area contributed by atoms with Crippen LogP contribution in [0.25, 0.3) is 0 Å². The van der Waals surface area contributed by atoms with Crippen LogP contribution in [-0.2, 0) is 14.6 Å². The van der Waals surface area contributed by atoms with Gasteiger partial charge in [-0.15, -0.1) is 11.8 Å². The van der Waals surface area contributed by atoms with Crippen molar-refractivity contribution in [3.8, 4) is 0 Å². The molecule has 1 aromatic rings. The largest absolute Gasteiger partial charge is 0.344 e. The smallest absolute Gasteiger partial charge is 0.243 e. The normalized spacial score (nSPS) is 20.3. The molecule has 1 amide bonds. The van der Waals surface area contributed by atoms with Gasteiger partial charge in [-0.05, 0) is 44.2 Å². The molecule has 0 unspecified atom stereocenters. The molecular formula is C20H29NO3S2. The van der Waals surface area contributed by atoms with Crippen LogP contribution in [0.5, 0.6) is 0 Å². The highest BCUT2D eigenvalue weighted by atomic mass is 32.2. The molecular weight excluding hydrogens is 366 g/mol. The number of benzene rings is 1. The predicted octanol–water partition coefficient (Wildman–Crippen LogP) is 3.91. The molecule has 2 saturated carbocycles. The number of thioether (sulfide) groups is 1. The van der Waals surface area contributed by atoms with Gasteiger partial charge in [0.1, 0.15) is 0 Å². The van der Waals surface area contributed by atoms with Crippen molar-refractivity contribution in [2.24, 2.45) is 0 Å². The fourth-order valence-electron chi connectivity index (χ4n) is 4.08. The average molecular weight is 396 g/mol. The van der Waals surface area contributed by atoms with E-state index in [4.69, 9.17) is 0 Å². The number of hydrogen-bond acceptors (Lipinski definition) is 4. The van der Waals surface area contributed by atoms with Gasteiger partial charge in [-0.25, -0.2) is 8.42 Å². The first kappa shape index (κ1) is 19.7. The van der Waals surface area contributed by atoms with E-state index in [0.29, 0.717) is 19.4 Å². The van der Waals surface area contributed by atoms with Crippen LogP contribution in [0.3, 0.4) is 0 Å². The van der Waals surface area contributed by atoms with Crippen molar-refractivity contribution < 1.29 is 13.2 Å². The number of carbonyl (C=O) groups is 1. The van der Waals surface area contributed by atoms with E-state index in [9.17, 15) is 13.2 Å². The van der Waals surface area contributed by atoms with Gasteiger partial charge in [-0.2, -0.15) is 0 Å². The van der Waals surface area contributed by atoms with Crippen LogP contribution in [-0.4, -0.2) is 48.6 Å². The average Bonchev–Trinajstić information content (AvgIpc) is 2.62. The van der Waals surface area contributed by atoms with Crippen LogP contribution in [0, 0.1) is 0 Å². The summed E-state index contributed by atoms with van der Waals surface area (Å²) < 4.78 is 25.4. The highest BCUT2D eigenvalue weighted by Crippen LogP contribution is 2.45. The summed E-state index contributed by atoms with van der Waals surface area (Å²) in [7, 11) is -1.65. The summed E-state index contributed by atoms with van der Waals surface area (Å²) in [5, 5.41) is -0.312. The molecule has 4 nitrogen and oxygen atoms in total. The van der Waals surface area contributed by atoms with Crippen LogP contribution < -0.4 is 0 Å². The Hall–Kier alpha value is -1.01. The van der Waals surface area contributed by atoms with Gasteiger partial charge in [0.2, 0.25) is 5.91 Å². The molecule has 0 spiro atoms. The minimum absolute atomic E-state index is 0.178. The Morgan fingerprint density at radius 1 is 1.12 bits per heavy atom. The molecule has 0 heterocycles. The van der Waals surface area contributed by atoms with Crippen LogP contribution in [0.2, 0.25) is 0 Å². The number of hydrogen-bond donors (Lipinski definition) is 0. The van der Waals surface area contributed by atoms with Gasteiger partial charge >= 0.3 is 0 Å². The van der Waals surface area contributed by atoms with Crippen molar-refractivity contribution in [3.63, 3.8) is 0 Å². The summed E-state index contributed by atoms with van der Waals surface area (Å²) in [5.74, 6) is 0.592. The Balaban J connectivity index is 1.63. The Kier molecular flexibility index (Phi) is 6.33. The minimum Gasteiger partial charge on any atom is -0.344 e. The van der Waals surface area contributed by atoms with Gasteiger partial charge in [0.25, 0.3) is 0 Å². The lowest BCUT2D eigenvalue weighted by Crippen LogP contribution is -2.60. The van der Waals surface area contributed by atoms with Crippen molar-refractivity contribution >= 4 is 27.5 Å². The number of rotatable bonds is 7. The van der Waals surface area contributed by atoms with Gasteiger partial charge < -0.3 is 4.90 Å². The molecule has 0 saturated heterocycles. The number of amides is 1. The molecule has 144 valence electrons. The van der Waals surface area contributed by atoms with Gasteiger partial charge in [0.15, 0.2) is 14.6 Å². The zero-order chi connectivity index (χ0) is 18.6. The highest BCUT2D eigenvalue weighted by Gasteiger charge is 2.58. The monoisotopic (exact) mass is 395 g/mol. The molecule has 0 bridgehead atoms. The summed E-state index contributed by atoms with van der Waals surface area (Å²) in [6.45, 7) is 0.570. The van der Waals surface area contributed by atoms with Gasteiger partial charge in [-0.1, -0.05) is 37.5 Å². The molecule has 0 aromatic heterocycles. The maximum atomic E-state index is 13.3. The Morgan fingerprint density at radius 2 is 1.77 bits per heavy atom. The van der Waals surface area contributed by atoms with Crippen LogP contribution in [0.4, 0.5) is 0 Å². The fourth-order valence-corrected chi connectivity index (χ4v) is 7.88. The molecule has 3 rings (SSSR count). The minimum atomic E-state index is -3.41. The molecule has 2 aliphatic carbocycles. The highest BCUT2D eigenvalue weighted by molar-refractivity contribution is 7.99. The van der Waals surface area contributed by atoms with Crippen molar-refractivity contribution in [1.82, 2.24) is 4.90 Å². The first-order valence-corrected chi connectivity index (χ1v) is 12.2. The molecule has 0 aliphatic heterocycles. The van der Waals surface area contributed by atoms with Crippen molar-refractivity contribution in [1.29, 1.82) is 0 Å². The third-order valence-corrected chi connectivity index (χ3v) is 9.89. The first-order valence-electron chi connectivity index (χ1n) is 9.64. The number of carbonyl (C=O) groups excluding carboxylic acids is 1. The Bertz CT molecular complexity index is 708. The molecule has 1 aromatic carbocycles. The molecule has 6 heteroatoms. The van der Waals surface area contributed by atoms with Gasteiger partial charge in [0.05, 0.1) is 5.25 Å². The van der Waals surface area contributed by atoms with E-state index >= 15 is 0 Å². The summed E-state index contributed by atoms with van der Waals surface area (Å²) >= 11 is 1.69. The lowest BCUT2D eigenvalue weighted by atomic mass is 9.83. The Labute approximate surface area is 161 Å². The second kappa shape index (κ2) is 8.34. The number of nitrogens with zero attached hydrogens (tertiary/aromatic N) is 1. The quantitative estimate of drug-likeness (QED) is 0.657. The number of sulfone groups is 1. The van der Waals surface area contributed by atoms with Crippen LogP contribution in [0.15, 0.2) is 35.2 Å². The van der Waals surface area contributed by atoms with Gasteiger partial charge in [0, 0.05) is 24.2 Å². The van der Waals surface area contributed by atoms with Crippen LogP contribution in [0.1, 0.15) is 51.4 Å². The second-order valence-corrected chi connectivity index (χ2v) is 11.2. The zero-order valence-corrected chi connectivity index (χ0v) is 17.2. The van der Waals surface area contributed by atoms with E-state index in [0.717, 1.165) is 44.3 Å². The third kappa shape index (κ3) is 3.81. The van der Waals surface area contributed by atoms with E-state index < -0.39 is 14.6 Å². The topological polar surface area (TPSA) is 54.5 Å². The Morgan fingerprint density at radius 3 is 2.35 bits per heavy atom. The van der Waals surface area contributed by atoms with E-state index in [1.165, 1.54) is 4.90 Å². The lowest BCUT2D eigenvalue weighted by molar-refractivity contribution is -0.134. The molecule has 26 heavy (non-hydrogen) atoms. The van der Waals surface area contributed by atoms with E-state index in [-0.39, 0.29) is 11.2 Å². The summed E-state index contributed by atoms with van der Waals surface area (Å²) in [5.41, 5.74) is 0. The molecule has 2 aliphatic rings. The van der Waals surface area contributed by atoms with E-state index in [2.05, 4.69) is 0 Å². The zero-order valence-electron chi connectivity index (χ0n) is 15.5. The van der Waals surface area contributed by atoms with E-state index in [1.807, 2.05) is 30.3 Å². The van der Waals surface area contributed by atoms with Gasteiger partial charge in [-0.3, -0.25) is 4.79 Å². The predicted molar refractivity (Wildman–Crippen MR) is 107 cm³/mol. The SMILES string of the molecule is CN(CCSc1ccccc1)C(=O)C1(S(=O)(=O)C2CCCCC2)CCC1. The van der Waals surface area contributed by atoms with E-state index in [1.54, 1.807) is 23.7 Å². The fraction of sp³-hybridized carbons (Fsp3) is 0.650. The molecule has 0 atom stereocenters. The third-order valence-electron chi connectivity index (χ3n) is 5.87. The first-order chi connectivity index (χ1) is 12.5. The second-order valence-electron chi connectivity index (χ2n) is 7.54. The standard InChI is InChI=1S/C20H29NO3S2/c1-21(15-16-25-17-9-4-2-5-10-17)19(22)20(13-8-14-20)26(23,24)18-11-6-3-7-12-18/h2,4-5,9-10,18H,3,6-8,11-16H2,1H3. The van der Waals surface area contributed by atoms with Crippen molar-refractivity contribution in [2.45, 2.75) is 66.3 Å². The molecule has 2 fully saturated rings. The lowest BCUT2D eigenvalue weighted by Gasteiger charge is -2.44.